The van der Waals surface area contributed by atoms with Crippen molar-refractivity contribution in [3.8, 4) is 11.5 Å². The number of hydrogen-bond acceptors (Lipinski definition) is 6. The minimum atomic E-state index is -1.60. The van der Waals surface area contributed by atoms with Gasteiger partial charge < -0.3 is 14.4 Å². The molecule has 0 radical (unpaired) electrons. The van der Waals surface area contributed by atoms with Crippen LogP contribution in [0.25, 0.3) is 6.08 Å². The molecule has 208 valence electrons. The van der Waals surface area contributed by atoms with Crippen LogP contribution in [0.5, 0.6) is 11.5 Å². The van der Waals surface area contributed by atoms with Crippen molar-refractivity contribution in [2.45, 2.75) is 24.9 Å². The number of ether oxygens (including phenoxy) is 2. The molecule has 1 fully saturated rings. The van der Waals surface area contributed by atoms with E-state index in [1.807, 2.05) is 78.6 Å². The van der Waals surface area contributed by atoms with Crippen LogP contribution in [-0.2, 0) is 0 Å². The number of Topliss-reactive ketones (excluding diaryl/α,β-unsaturated/α-hetero) is 3. The van der Waals surface area contributed by atoms with Gasteiger partial charge in [-0.1, -0.05) is 90.5 Å². The van der Waals surface area contributed by atoms with Gasteiger partial charge in [-0.05, 0) is 24.6 Å². The Morgan fingerprint density at radius 1 is 0.810 bits per heavy atom. The van der Waals surface area contributed by atoms with Crippen molar-refractivity contribution in [3.63, 3.8) is 0 Å². The molecule has 7 rings (SSSR count). The second-order valence-corrected chi connectivity index (χ2v) is 11.1. The summed E-state index contributed by atoms with van der Waals surface area (Å²) in [6.45, 7) is 1.97. The van der Waals surface area contributed by atoms with Crippen molar-refractivity contribution in [1.82, 2.24) is 0 Å². The van der Waals surface area contributed by atoms with Crippen molar-refractivity contribution in [2.24, 2.45) is 5.41 Å². The third-order valence-electron chi connectivity index (χ3n) is 9.09. The predicted molar refractivity (Wildman–Crippen MR) is 161 cm³/mol. The van der Waals surface area contributed by atoms with Crippen LogP contribution in [0.4, 0.5) is 5.69 Å². The lowest BCUT2D eigenvalue weighted by Gasteiger charge is -2.37. The number of ketones is 3. The van der Waals surface area contributed by atoms with Gasteiger partial charge in [-0.3, -0.25) is 14.4 Å². The summed E-state index contributed by atoms with van der Waals surface area (Å²) in [7, 11) is 3.12. The zero-order valence-electron chi connectivity index (χ0n) is 23.5. The van der Waals surface area contributed by atoms with Gasteiger partial charge in [0.05, 0.1) is 20.3 Å². The molecule has 1 saturated heterocycles. The van der Waals surface area contributed by atoms with Crippen molar-refractivity contribution in [3.05, 3.63) is 130 Å². The molecule has 0 saturated carbocycles. The molecule has 6 heteroatoms. The number of methoxy groups -OCH3 is 2. The first-order chi connectivity index (χ1) is 20.4. The van der Waals surface area contributed by atoms with Gasteiger partial charge in [0.15, 0.2) is 17.3 Å². The molecule has 3 aliphatic rings. The lowest BCUT2D eigenvalue weighted by atomic mass is 9.64. The van der Waals surface area contributed by atoms with E-state index in [2.05, 4.69) is 0 Å². The summed E-state index contributed by atoms with van der Waals surface area (Å²) in [6.07, 6.45) is 3.89. The number of carbonyl (C=O) groups is 3. The largest absolute Gasteiger partial charge is 0.497 e. The normalized spacial score (nSPS) is 21.2. The van der Waals surface area contributed by atoms with E-state index < -0.39 is 23.4 Å². The molecule has 0 amide bonds. The number of rotatable bonds is 5. The fraction of sp³-hybridized carbons (Fsp3) is 0.194. The molecule has 0 bridgehead atoms. The van der Waals surface area contributed by atoms with Crippen LogP contribution in [0, 0.1) is 12.3 Å². The van der Waals surface area contributed by atoms with E-state index in [1.54, 1.807) is 50.6 Å². The van der Waals surface area contributed by atoms with E-state index in [0.29, 0.717) is 33.8 Å². The van der Waals surface area contributed by atoms with E-state index in [-0.39, 0.29) is 17.3 Å². The van der Waals surface area contributed by atoms with Crippen molar-refractivity contribution in [1.29, 1.82) is 0 Å². The topological polar surface area (TPSA) is 72.9 Å². The Balaban J connectivity index is 1.57. The molecule has 6 nitrogen and oxygen atoms in total. The standard InChI is InChI=1S/C36H29NO5/c1-21-12-14-23(15-13-21)33(38)32-31(27-18-17-24(41-2)20-29(27)42-3)36(34(39)25-9-5-6-10-26(25)35(36)40)30-19-16-22-8-4-7-11-28(22)37(30)32/h4-20,30-32H,1-3H3/t30-,31-,32-/m1/s1. The van der Waals surface area contributed by atoms with Crippen LogP contribution in [0.3, 0.4) is 0 Å². The zero-order chi connectivity index (χ0) is 29.2. The van der Waals surface area contributed by atoms with Crippen molar-refractivity contribution >= 4 is 29.1 Å². The number of nitrogens with zero attached hydrogens (tertiary/aromatic N) is 1. The molecule has 1 aliphatic carbocycles. The molecule has 42 heavy (non-hydrogen) atoms. The molecule has 0 N–H and O–H groups in total. The molecule has 2 heterocycles. The molecule has 1 spiro atoms. The van der Waals surface area contributed by atoms with Crippen LogP contribution in [0.2, 0.25) is 0 Å². The Bertz CT molecular complexity index is 1770. The first kappa shape index (κ1) is 26.0. The summed E-state index contributed by atoms with van der Waals surface area (Å²) in [5.41, 5.74) is 3.06. The van der Waals surface area contributed by atoms with E-state index in [1.165, 1.54) is 0 Å². The average molecular weight is 556 g/mol. The predicted octanol–water partition coefficient (Wildman–Crippen LogP) is 6.33. The molecule has 0 aromatic heterocycles. The van der Waals surface area contributed by atoms with Gasteiger partial charge >= 0.3 is 0 Å². The maximum absolute atomic E-state index is 14.8. The van der Waals surface area contributed by atoms with Gasteiger partial charge in [-0.15, -0.1) is 0 Å². The van der Waals surface area contributed by atoms with Crippen molar-refractivity contribution < 1.29 is 23.9 Å². The highest BCUT2D eigenvalue weighted by molar-refractivity contribution is 6.32. The number of benzene rings is 4. The van der Waals surface area contributed by atoms with Gasteiger partial charge in [0, 0.05) is 39.9 Å². The second-order valence-electron chi connectivity index (χ2n) is 11.1. The van der Waals surface area contributed by atoms with Crippen LogP contribution in [0.1, 0.15) is 53.7 Å². The Hall–Kier alpha value is -4.97. The van der Waals surface area contributed by atoms with Gasteiger partial charge in [0.1, 0.15) is 23.0 Å². The number of para-hydroxylation sites is 1. The van der Waals surface area contributed by atoms with E-state index in [9.17, 15) is 14.4 Å². The van der Waals surface area contributed by atoms with Crippen LogP contribution < -0.4 is 14.4 Å². The molecule has 0 unspecified atom stereocenters. The lowest BCUT2D eigenvalue weighted by Crippen LogP contribution is -2.48. The number of hydrogen-bond donors (Lipinski definition) is 0. The van der Waals surface area contributed by atoms with E-state index >= 15 is 0 Å². The van der Waals surface area contributed by atoms with Crippen LogP contribution in [-0.4, -0.2) is 43.7 Å². The van der Waals surface area contributed by atoms with E-state index in [4.69, 9.17) is 9.47 Å². The quantitative estimate of drug-likeness (QED) is 0.212. The van der Waals surface area contributed by atoms with Crippen LogP contribution >= 0.6 is 0 Å². The maximum Gasteiger partial charge on any atom is 0.185 e. The zero-order valence-corrected chi connectivity index (χ0v) is 23.5. The Labute approximate surface area is 244 Å². The molecule has 4 aromatic rings. The lowest BCUT2D eigenvalue weighted by molar-refractivity contribution is 0.0665. The van der Waals surface area contributed by atoms with Crippen molar-refractivity contribution in [2.75, 3.05) is 19.1 Å². The average Bonchev–Trinajstić information content (AvgIpc) is 3.46. The third-order valence-corrected chi connectivity index (χ3v) is 9.09. The SMILES string of the molecule is COc1ccc([C@@H]2[C@H](C(=O)c3ccc(C)cc3)N3c4ccccc4C=C[C@@H]3C23C(=O)c2ccccc2C3=O)c(OC)c1. The highest BCUT2D eigenvalue weighted by Gasteiger charge is 2.71. The van der Waals surface area contributed by atoms with Gasteiger partial charge in [0.25, 0.3) is 0 Å². The fourth-order valence-electron chi connectivity index (χ4n) is 7.22. The second kappa shape index (κ2) is 9.55. The van der Waals surface area contributed by atoms with E-state index in [0.717, 1.165) is 16.8 Å². The van der Waals surface area contributed by atoms with Gasteiger partial charge in [-0.2, -0.15) is 0 Å². The summed E-state index contributed by atoms with van der Waals surface area (Å²) in [6, 6.07) is 26.0. The summed E-state index contributed by atoms with van der Waals surface area (Å²) in [5, 5.41) is 0. The highest BCUT2D eigenvalue weighted by atomic mass is 16.5. The molecule has 2 aliphatic heterocycles. The van der Waals surface area contributed by atoms with Gasteiger partial charge in [0.2, 0.25) is 0 Å². The van der Waals surface area contributed by atoms with Gasteiger partial charge in [-0.25, -0.2) is 0 Å². The third kappa shape index (κ3) is 3.41. The summed E-state index contributed by atoms with van der Waals surface area (Å²) in [5.74, 6) is -0.552. The Morgan fingerprint density at radius 3 is 2.14 bits per heavy atom. The number of fused-ring (bicyclic) bond motifs is 5. The van der Waals surface area contributed by atoms with Crippen LogP contribution in [0.15, 0.2) is 97.1 Å². The molecular formula is C36H29NO5. The number of anilines is 1. The summed E-state index contributed by atoms with van der Waals surface area (Å²) < 4.78 is 11.4. The maximum atomic E-state index is 14.8. The smallest absolute Gasteiger partial charge is 0.185 e. The first-order valence-corrected chi connectivity index (χ1v) is 14.0. The minimum absolute atomic E-state index is 0.165. The Kier molecular flexibility index (Phi) is 5.91. The monoisotopic (exact) mass is 555 g/mol. The number of carbonyl (C=O) groups excluding carboxylic acids is 3. The first-order valence-electron chi connectivity index (χ1n) is 14.0. The summed E-state index contributed by atoms with van der Waals surface area (Å²) >= 11 is 0. The molecule has 4 aromatic carbocycles. The number of aryl methyl sites for hydroxylation is 1. The molecule has 3 atom stereocenters. The fourth-order valence-corrected chi connectivity index (χ4v) is 7.22. The highest BCUT2D eigenvalue weighted by Crippen LogP contribution is 2.62. The molecular weight excluding hydrogens is 526 g/mol. The Morgan fingerprint density at radius 2 is 1.48 bits per heavy atom. The minimum Gasteiger partial charge on any atom is -0.497 e. The summed E-state index contributed by atoms with van der Waals surface area (Å²) in [4.78, 5) is 46.4.